The van der Waals surface area contributed by atoms with Crippen molar-refractivity contribution in [2.45, 2.75) is 25.4 Å². The molecule has 0 spiro atoms. The number of piperidine rings is 1. The topological polar surface area (TPSA) is 58.1 Å². The second-order valence-electron chi connectivity index (χ2n) is 5.82. The van der Waals surface area contributed by atoms with Crippen molar-refractivity contribution >= 4 is 17.4 Å². The highest BCUT2D eigenvalue weighted by atomic mass is 19.4. The number of hydrogen-bond acceptors (Lipinski definition) is 4. The summed E-state index contributed by atoms with van der Waals surface area (Å²) in [5, 5.41) is 10.1. The van der Waals surface area contributed by atoms with E-state index in [-0.39, 0.29) is 11.4 Å². The highest BCUT2D eigenvalue weighted by Gasteiger charge is 2.33. The van der Waals surface area contributed by atoms with Gasteiger partial charge in [0, 0.05) is 13.1 Å². The second kappa shape index (κ2) is 7.08. The van der Waals surface area contributed by atoms with Gasteiger partial charge in [-0.25, -0.2) is 0 Å². The number of carbonyl (C=O) groups excluding carboxylic acids is 1. The zero-order chi connectivity index (χ0) is 17.9. The molecule has 5 nitrogen and oxygen atoms in total. The van der Waals surface area contributed by atoms with Crippen LogP contribution in [0.15, 0.2) is 36.4 Å². The second-order valence-corrected chi connectivity index (χ2v) is 5.82. The average molecular weight is 350 g/mol. The van der Waals surface area contributed by atoms with Crippen LogP contribution in [-0.4, -0.2) is 29.2 Å². The third kappa shape index (κ3) is 4.07. The zero-order valence-electron chi connectivity index (χ0n) is 13.4. The molecule has 0 bridgehead atoms. The summed E-state index contributed by atoms with van der Waals surface area (Å²) in [6, 6.07) is 7.96. The van der Waals surface area contributed by atoms with Gasteiger partial charge < -0.3 is 10.2 Å². The maximum atomic E-state index is 13.0. The Labute approximate surface area is 142 Å². The molecule has 0 aliphatic carbocycles. The van der Waals surface area contributed by atoms with E-state index >= 15 is 0 Å². The number of rotatable bonds is 3. The largest absolute Gasteiger partial charge is 0.418 e. The summed E-state index contributed by atoms with van der Waals surface area (Å²) in [4.78, 5) is 14.3. The molecule has 1 amide bonds. The number of aromatic nitrogens is 2. The lowest BCUT2D eigenvalue weighted by molar-refractivity contribution is -0.136. The van der Waals surface area contributed by atoms with Crippen LogP contribution in [0.2, 0.25) is 0 Å². The monoisotopic (exact) mass is 350 g/mol. The highest BCUT2D eigenvalue weighted by molar-refractivity contribution is 6.03. The van der Waals surface area contributed by atoms with Crippen LogP contribution in [-0.2, 0) is 6.18 Å². The van der Waals surface area contributed by atoms with Crippen molar-refractivity contribution in [3.63, 3.8) is 0 Å². The van der Waals surface area contributed by atoms with Crippen LogP contribution in [0.25, 0.3) is 0 Å². The summed E-state index contributed by atoms with van der Waals surface area (Å²) in [5.41, 5.74) is -1.24. The van der Waals surface area contributed by atoms with Gasteiger partial charge >= 0.3 is 6.18 Å². The maximum absolute atomic E-state index is 13.0. The molecule has 1 aromatic carbocycles. The summed E-state index contributed by atoms with van der Waals surface area (Å²) < 4.78 is 38.9. The Hall–Kier alpha value is -2.64. The first-order chi connectivity index (χ1) is 11.9. The summed E-state index contributed by atoms with van der Waals surface area (Å²) in [6.07, 6.45) is -1.20. The van der Waals surface area contributed by atoms with Crippen LogP contribution >= 0.6 is 0 Å². The zero-order valence-corrected chi connectivity index (χ0v) is 13.4. The van der Waals surface area contributed by atoms with Gasteiger partial charge in [-0.1, -0.05) is 12.1 Å². The minimum atomic E-state index is -4.55. The van der Waals surface area contributed by atoms with E-state index in [0.717, 1.165) is 32.0 Å². The van der Waals surface area contributed by atoms with Crippen molar-refractivity contribution in [2.24, 2.45) is 0 Å². The van der Waals surface area contributed by atoms with Gasteiger partial charge in [0.15, 0.2) is 11.5 Å². The molecule has 1 N–H and O–H groups in total. The molecule has 0 unspecified atom stereocenters. The van der Waals surface area contributed by atoms with Crippen LogP contribution in [0.4, 0.5) is 24.7 Å². The number of benzene rings is 1. The van der Waals surface area contributed by atoms with E-state index in [4.69, 9.17) is 0 Å². The van der Waals surface area contributed by atoms with Crippen LogP contribution in [0, 0.1) is 0 Å². The Kier molecular flexibility index (Phi) is 4.87. The van der Waals surface area contributed by atoms with Crippen molar-refractivity contribution in [3.8, 4) is 0 Å². The van der Waals surface area contributed by atoms with Gasteiger partial charge in [-0.15, -0.1) is 10.2 Å². The van der Waals surface area contributed by atoms with Gasteiger partial charge in [0.2, 0.25) is 0 Å². The Morgan fingerprint density at radius 1 is 1.00 bits per heavy atom. The molecule has 8 heteroatoms. The molecular formula is C17H17F3N4O. The van der Waals surface area contributed by atoms with Crippen molar-refractivity contribution < 1.29 is 18.0 Å². The number of alkyl halides is 3. The van der Waals surface area contributed by atoms with E-state index in [2.05, 4.69) is 20.4 Å². The number of nitrogens with one attached hydrogen (secondary N) is 1. The standard InChI is InChI=1S/C17H17F3N4O/c18-17(19,20)12-6-2-3-7-13(12)21-16(25)14-8-9-15(23-22-14)24-10-4-1-5-11-24/h2-3,6-9H,1,4-5,10-11H2,(H,21,25). The molecule has 1 saturated heterocycles. The van der Waals surface area contributed by atoms with Gasteiger partial charge in [-0.2, -0.15) is 13.2 Å². The minimum Gasteiger partial charge on any atom is -0.355 e. The fraction of sp³-hybridized carbons (Fsp3) is 0.353. The first-order valence-corrected chi connectivity index (χ1v) is 8.01. The number of para-hydroxylation sites is 1. The van der Waals surface area contributed by atoms with Gasteiger partial charge in [-0.05, 0) is 43.5 Å². The molecule has 0 saturated carbocycles. The predicted molar refractivity (Wildman–Crippen MR) is 87.5 cm³/mol. The van der Waals surface area contributed by atoms with Gasteiger partial charge in [0.1, 0.15) is 0 Å². The Balaban J connectivity index is 1.74. The lowest BCUT2D eigenvalue weighted by atomic mass is 10.1. The van der Waals surface area contributed by atoms with Crippen LogP contribution in [0.3, 0.4) is 0 Å². The normalized spacial score (nSPS) is 15.1. The Morgan fingerprint density at radius 3 is 2.36 bits per heavy atom. The van der Waals surface area contributed by atoms with Crippen molar-refractivity contribution in [3.05, 3.63) is 47.7 Å². The van der Waals surface area contributed by atoms with E-state index in [0.29, 0.717) is 5.82 Å². The molecule has 2 aromatic rings. The number of amides is 1. The molecule has 3 rings (SSSR count). The lowest BCUT2D eigenvalue weighted by Gasteiger charge is -2.27. The predicted octanol–water partition coefficient (Wildman–Crippen LogP) is 3.74. The number of nitrogens with zero attached hydrogens (tertiary/aromatic N) is 3. The maximum Gasteiger partial charge on any atom is 0.418 e. The van der Waals surface area contributed by atoms with E-state index < -0.39 is 17.6 Å². The van der Waals surface area contributed by atoms with Crippen molar-refractivity contribution in [1.29, 1.82) is 0 Å². The van der Waals surface area contributed by atoms with E-state index in [1.807, 2.05) is 0 Å². The molecule has 1 aliphatic heterocycles. The van der Waals surface area contributed by atoms with Crippen molar-refractivity contribution in [2.75, 3.05) is 23.3 Å². The lowest BCUT2D eigenvalue weighted by Crippen LogP contribution is -2.30. The average Bonchev–Trinajstić information content (AvgIpc) is 2.62. The first kappa shape index (κ1) is 17.2. The molecule has 1 fully saturated rings. The van der Waals surface area contributed by atoms with Gasteiger partial charge in [-0.3, -0.25) is 4.79 Å². The smallest absolute Gasteiger partial charge is 0.355 e. The van der Waals surface area contributed by atoms with E-state index in [1.165, 1.54) is 30.7 Å². The molecule has 0 atom stereocenters. The van der Waals surface area contributed by atoms with Crippen LogP contribution in [0.5, 0.6) is 0 Å². The summed E-state index contributed by atoms with van der Waals surface area (Å²) >= 11 is 0. The van der Waals surface area contributed by atoms with Crippen molar-refractivity contribution in [1.82, 2.24) is 10.2 Å². The quantitative estimate of drug-likeness (QED) is 0.916. The summed E-state index contributed by atoms with van der Waals surface area (Å²) in [7, 11) is 0. The first-order valence-electron chi connectivity index (χ1n) is 8.01. The molecular weight excluding hydrogens is 333 g/mol. The molecule has 132 valence electrons. The summed E-state index contributed by atoms with van der Waals surface area (Å²) in [5.74, 6) is -0.0543. The molecule has 2 heterocycles. The van der Waals surface area contributed by atoms with Gasteiger partial charge in [0.25, 0.3) is 5.91 Å². The van der Waals surface area contributed by atoms with Gasteiger partial charge in [0.05, 0.1) is 11.3 Å². The van der Waals surface area contributed by atoms with Crippen LogP contribution < -0.4 is 10.2 Å². The molecule has 1 aromatic heterocycles. The minimum absolute atomic E-state index is 0.0299. The molecule has 0 radical (unpaired) electrons. The number of carbonyl (C=O) groups is 1. The van der Waals surface area contributed by atoms with E-state index in [1.54, 1.807) is 6.07 Å². The number of hydrogen-bond donors (Lipinski definition) is 1. The fourth-order valence-electron chi connectivity index (χ4n) is 2.76. The van der Waals surface area contributed by atoms with Crippen LogP contribution in [0.1, 0.15) is 35.3 Å². The molecule has 25 heavy (non-hydrogen) atoms. The third-order valence-corrected chi connectivity index (χ3v) is 4.04. The van der Waals surface area contributed by atoms with E-state index in [9.17, 15) is 18.0 Å². The number of halogens is 3. The SMILES string of the molecule is O=C(Nc1ccccc1C(F)(F)F)c1ccc(N2CCCCC2)nn1. The Bertz CT molecular complexity index is 740. The highest BCUT2D eigenvalue weighted by Crippen LogP contribution is 2.34. The third-order valence-electron chi connectivity index (χ3n) is 4.04. The Morgan fingerprint density at radius 2 is 1.72 bits per heavy atom. The fourth-order valence-corrected chi connectivity index (χ4v) is 2.76. The molecule has 1 aliphatic rings. The summed E-state index contributed by atoms with van der Waals surface area (Å²) in [6.45, 7) is 1.78. The number of anilines is 2.